The van der Waals surface area contributed by atoms with E-state index in [1.54, 1.807) is 0 Å². The Bertz CT molecular complexity index is 198. The van der Waals surface area contributed by atoms with Crippen LogP contribution in [0, 0.1) is 0 Å². The summed E-state index contributed by atoms with van der Waals surface area (Å²) in [6, 6.07) is 0. The van der Waals surface area contributed by atoms with Crippen LogP contribution >= 0.6 is 0 Å². The number of unbranched alkanes of at least 4 members (excludes halogenated alkanes) is 8. The van der Waals surface area contributed by atoms with E-state index < -0.39 is 0 Å². The first-order chi connectivity index (χ1) is 10.8. The number of nitrogens with one attached hydrogen (secondary N) is 1. The molecular weight excluding hydrogens is 274 g/mol. The van der Waals surface area contributed by atoms with Crippen LogP contribution in [0.2, 0.25) is 0 Å². The first kappa shape index (κ1) is 21.9. The van der Waals surface area contributed by atoms with Crippen LogP contribution in [0.5, 0.6) is 0 Å². The maximum absolute atomic E-state index is 5.64. The van der Waals surface area contributed by atoms with E-state index in [9.17, 15) is 0 Å². The summed E-state index contributed by atoms with van der Waals surface area (Å²) in [7, 11) is 0. The summed E-state index contributed by atoms with van der Waals surface area (Å²) in [5.41, 5.74) is 0. The van der Waals surface area contributed by atoms with Crippen molar-refractivity contribution in [2.45, 2.75) is 91.1 Å². The van der Waals surface area contributed by atoms with Gasteiger partial charge in [-0.15, -0.1) is 0 Å². The van der Waals surface area contributed by atoms with Crippen molar-refractivity contribution in [3.05, 3.63) is 0 Å². The summed E-state index contributed by atoms with van der Waals surface area (Å²) >= 11 is 0. The van der Waals surface area contributed by atoms with Gasteiger partial charge in [-0.1, -0.05) is 58.3 Å². The van der Waals surface area contributed by atoms with Gasteiger partial charge in [-0.2, -0.15) is 0 Å². The Hall–Kier alpha value is -0.120. The molecule has 0 aliphatic heterocycles. The predicted octanol–water partition coefficient (Wildman–Crippen LogP) is 4.94. The summed E-state index contributed by atoms with van der Waals surface area (Å²) in [6.07, 6.45) is 13.8. The Balaban J connectivity index is 2.94. The third kappa shape index (κ3) is 19.9. The molecule has 3 nitrogen and oxygen atoms in total. The molecule has 0 rings (SSSR count). The van der Waals surface area contributed by atoms with Crippen LogP contribution in [-0.4, -0.2) is 39.0 Å². The Morgan fingerprint density at radius 2 is 1.32 bits per heavy atom. The zero-order valence-corrected chi connectivity index (χ0v) is 15.5. The van der Waals surface area contributed by atoms with Crippen molar-refractivity contribution in [1.29, 1.82) is 0 Å². The molecule has 0 spiro atoms. The molecule has 22 heavy (non-hydrogen) atoms. The van der Waals surface area contributed by atoms with Gasteiger partial charge in [-0.25, -0.2) is 0 Å². The first-order valence-electron chi connectivity index (χ1n) is 9.67. The molecule has 3 heteroatoms. The number of ether oxygens (including phenoxy) is 2. The van der Waals surface area contributed by atoms with E-state index in [0.29, 0.717) is 6.10 Å². The van der Waals surface area contributed by atoms with Crippen LogP contribution in [0.4, 0.5) is 0 Å². The molecule has 0 aliphatic rings. The van der Waals surface area contributed by atoms with Crippen molar-refractivity contribution in [2.24, 2.45) is 0 Å². The maximum Gasteiger partial charge on any atom is 0.0590 e. The van der Waals surface area contributed by atoms with Crippen molar-refractivity contribution >= 4 is 0 Å². The third-order valence-electron chi connectivity index (χ3n) is 3.76. The fraction of sp³-hybridized carbons (Fsp3) is 1.00. The lowest BCUT2D eigenvalue weighted by atomic mass is 10.1. The lowest BCUT2D eigenvalue weighted by Gasteiger charge is -2.08. The molecule has 0 aromatic heterocycles. The SMILES string of the molecule is CCCCCCCCCCCOCCNCCCOC(C)C. The molecule has 0 atom stereocenters. The van der Waals surface area contributed by atoms with Gasteiger partial charge in [0.1, 0.15) is 0 Å². The molecule has 0 bridgehead atoms. The van der Waals surface area contributed by atoms with Crippen LogP contribution in [0.15, 0.2) is 0 Å². The fourth-order valence-corrected chi connectivity index (χ4v) is 2.40. The minimum atomic E-state index is 0.347. The zero-order chi connectivity index (χ0) is 16.3. The van der Waals surface area contributed by atoms with Crippen LogP contribution in [-0.2, 0) is 9.47 Å². The molecule has 0 radical (unpaired) electrons. The van der Waals surface area contributed by atoms with E-state index in [2.05, 4.69) is 26.1 Å². The lowest BCUT2D eigenvalue weighted by molar-refractivity contribution is 0.0763. The molecule has 0 amide bonds. The molecule has 1 N–H and O–H groups in total. The zero-order valence-electron chi connectivity index (χ0n) is 15.5. The minimum Gasteiger partial charge on any atom is -0.380 e. The molecule has 0 saturated carbocycles. The minimum absolute atomic E-state index is 0.347. The average Bonchev–Trinajstić information content (AvgIpc) is 2.50. The molecular formula is C19H41NO2. The van der Waals surface area contributed by atoms with Gasteiger partial charge in [0, 0.05) is 19.8 Å². The van der Waals surface area contributed by atoms with Gasteiger partial charge in [-0.3, -0.25) is 0 Å². The van der Waals surface area contributed by atoms with E-state index in [4.69, 9.17) is 9.47 Å². The van der Waals surface area contributed by atoms with Crippen LogP contribution in [0.3, 0.4) is 0 Å². The highest BCUT2D eigenvalue weighted by Crippen LogP contribution is 2.09. The number of hydrogen-bond donors (Lipinski definition) is 1. The van der Waals surface area contributed by atoms with Crippen molar-refractivity contribution < 1.29 is 9.47 Å². The summed E-state index contributed by atoms with van der Waals surface area (Å²) in [5.74, 6) is 0. The summed E-state index contributed by atoms with van der Waals surface area (Å²) in [4.78, 5) is 0. The summed E-state index contributed by atoms with van der Waals surface area (Å²) in [5, 5.41) is 3.39. The molecule has 0 aliphatic carbocycles. The lowest BCUT2D eigenvalue weighted by Crippen LogP contribution is -2.22. The molecule has 0 fully saturated rings. The van der Waals surface area contributed by atoms with Gasteiger partial charge >= 0.3 is 0 Å². The van der Waals surface area contributed by atoms with E-state index >= 15 is 0 Å². The Kier molecular flexibility index (Phi) is 18.8. The van der Waals surface area contributed by atoms with E-state index in [0.717, 1.165) is 39.3 Å². The van der Waals surface area contributed by atoms with Crippen LogP contribution < -0.4 is 5.32 Å². The van der Waals surface area contributed by atoms with Gasteiger partial charge in [0.2, 0.25) is 0 Å². The molecule has 0 aromatic carbocycles. The standard InChI is InChI=1S/C19H41NO2/c1-4-5-6-7-8-9-10-11-12-16-21-18-15-20-14-13-17-22-19(2)3/h19-20H,4-18H2,1-3H3. The summed E-state index contributed by atoms with van der Waals surface area (Å²) < 4.78 is 11.1. The summed E-state index contributed by atoms with van der Waals surface area (Å²) in [6.45, 7) is 11.0. The second-order valence-electron chi connectivity index (χ2n) is 6.46. The van der Waals surface area contributed by atoms with Gasteiger partial charge in [0.05, 0.1) is 12.7 Å². The van der Waals surface area contributed by atoms with E-state index in [1.807, 2.05) is 0 Å². The highest BCUT2D eigenvalue weighted by molar-refractivity contribution is 4.49. The van der Waals surface area contributed by atoms with Gasteiger partial charge in [0.25, 0.3) is 0 Å². The first-order valence-corrected chi connectivity index (χ1v) is 9.67. The molecule has 0 aromatic rings. The van der Waals surface area contributed by atoms with E-state index in [-0.39, 0.29) is 0 Å². The highest BCUT2D eigenvalue weighted by Gasteiger charge is 1.94. The smallest absolute Gasteiger partial charge is 0.0590 e. The quantitative estimate of drug-likeness (QED) is 0.363. The second-order valence-corrected chi connectivity index (χ2v) is 6.46. The topological polar surface area (TPSA) is 30.5 Å². The van der Waals surface area contributed by atoms with Crippen molar-refractivity contribution in [3.63, 3.8) is 0 Å². The van der Waals surface area contributed by atoms with Crippen molar-refractivity contribution in [3.8, 4) is 0 Å². The second kappa shape index (κ2) is 18.9. The van der Waals surface area contributed by atoms with Gasteiger partial charge in [0.15, 0.2) is 0 Å². The Morgan fingerprint density at radius 1 is 0.682 bits per heavy atom. The molecule has 0 unspecified atom stereocenters. The Labute approximate surface area is 139 Å². The Morgan fingerprint density at radius 3 is 1.95 bits per heavy atom. The van der Waals surface area contributed by atoms with E-state index in [1.165, 1.54) is 57.8 Å². The molecule has 134 valence electrons. The van der Waals surface area contributed by atoms with Gasteiger partial charge in [-0.05, 0) is 33.2 Å². The third-order valence-corrected chi connectivity index (χ3v) is 3.76. The maximum atomic E-state index is 5.64. The van der Waals surface area contributed by atoms with Crippen LogP contribution in [0.1, 0.15) is 85.0 Å². The average molecular weight is 316 g/mol. The van der Waals surface area contributed by atoms with Crippen molar-refractivity contribution in [1.82, 2.24) is 5.32 Å². The van der Waals surface area contributed by atoms with Gasteiger partial charge < -0.3 is 14.8 Å². The van der Waals surface area contributed by atoms with Crippen LogP contribution in [0.25, 0.3) is 0 Å². The largest absolute Gasteiger partial charge is 0.380 e. The van der Waals surface area contributed by atoms with Crippen molar-refractivity contribution in [2.75, 3.05) is 32.9 Å². The fourth-order valence-electron chi connectivity index (χ4n) is 2.40. The molecule has 0 saturated heterocycles. The monoisotopic (exact) mass is 315 g/mol. The predicted molar refractivity (Wildman–Crippen MR) is 96.6 cm³/mol. The number of rotatable bonds is 18. The highest BCUT2D eigenvalue weighted by atomic mass is 16.5. The molecule has 0 heterocycles. The normalized spacial score (nSPS) is 11.5. The number of hydrogen-bond acceptors (Lipinski definition) is 3.